The van der Waals surface area contributed by atoms with E-state index in [9.17, 15) is 18.0 Å². The van der Waals surface area contributed by atoms with E-state index in [2.05, 4.69) is 10.3 Å². The summed E-state index contributed by atoms with van der Waals surface area (Å²) in [6.45, 7) is 0.306. The molecule has 0 spiro atoms. The van der Waals surface area contributed by atoms with Crippen LogP contribution in [0, 0.1) is 23.4 Å². The number of rotatable bonds is 1. The van der Waals surface area contributed by atoms with Crippen LogP contribution in [0.1, 0.15) is 29.8 Å². The first-order chi connectivity index (χ1) is 12.0. The van der Waals surface area contributed by atoms with Gasteiger partial charge in [0.2, 0.25) is 5.91 Å². The van der Waals surface area contributed by atoms with Gasteiger partial charge in [-0.05, 0) is 25.7 Å². The normalized spacial score (nSPS) is 19.5. The van der Waals surface area contributed by atoms with Gasteiger partial charge in [0, 0.05) is 37.6 Å². The van der Waals surface area contributed by atoms with E-state index in [1.807, 2.05) is 0 Å². The molecular formula is C17H17F3N4O. The van der Waals surface area contributed by atoms with Crippen molar-refractivity contribution in [3.63, 3.8) is 0 Å². The number of amides is 1. The van der Waals surface area contributed by atoms with Crippen LogP contribution in [0.15, 0.2) is 6.07 Å². The number of fused-ring (bicyclic) bond motifs is 2. The molecule has 1 aromatic carbocycles. The summed E-state index contributed by atoms with van der Waals surface area (Å²) >= 11 is 0. The maximum absolute atomic E-state index is 14.3. The van der Waals surface area contributed by atoms with Gasteiger partial charge < -0.3 is 4.90 Å². The molecule has 132 valence electrons. The van der Waals surface area contributed by atoms with Crippen molar-refractivity contribution >= 4 is 11.6 Å². The Balaban J connectivity index is 1.67. The van der Waals surface area contributed by atoms with Crippen LogP contribution >= 0.6 is 0 Å². The van der Waals surface area contributed by atoms with Crippen LogP contribution in [0.2, 0.25) is 0 Å². The Bertz CT molecular complexity index is 864. The molecule has 1 aromatic heterocycles. The van der Waals surface area contributed by atoms with Crippen molar-refractivity contribution in [2.75, 3.05) is 11.4 Å². The van der Waals surface area contributed by atoms with Crippen molar-refractivity contribution in [3.05, 3.63) is 40.5 Å². The number of hydrogen-bond acceptors (Lipinski definition) is 3. The average molecular weight is 350 g/mol. The number of carbonyl (C=O) groups is 1. The predicted octanol–water partition coefficient (Wildman–Crippen LogP) is 2.32. The average Bonchev–Trinajstić information content (AvgIpc) is 2.99. The van der Waals surface area contributed by atoms with Gasteiger partial charge in [-0.1, -0.05) is 5.21 Å². The van der Waals surface area contributed by atoms with Crippen molar-refractivity contribution in [1.82, 2.24) is 15.0 Å². The zero-order valence-electron chi connectivity index (χ0n) is 13.7. The molecule has 8 heteroatoms. The predicted molar refractivity (Wildman–Crippen MR) is 83.5 cm³/mol. The second kappa shape index (κ2) is 5.86. The smallest absolute Gasteiger partial charge is 0.230 e. The molecule has 0 unspecified atom stereocenters. The van der Waals surface area contributed by atoms with E-state index in [1.54, 1.807) is 11.7 Å². The minimum absolute atomic E-state index is 0.0456. The lowest BCUT2D eigenvalue weighted by Gasteiger charge is -2.33. The topological polar surface area (TPSA) is 51.0 Å². The summed E-state index contributed by atoms with van der Waals surface area (Å²) in [7, 11) is 1.77. The molecule has 4 rings (SSSR count). The number of aryl methyl sites for hydroxylation is 2. The Morgan fingerprint density at radius 1 is 1.24 bits per heavy atom. The Labute approximate surface area is 142 Å². The van der Waals surface area contributed by atoms with Gasteiger partial charge in [-0.2, -0.15) is 0 Å². The van der Waals surface area contributed by atoms with Crippen molar-refractivity contribution in [2.24, 2.45) is 13.0 Å². The summed E-state index contributed by atoms with van der Waals surface area (Å²) in [6, 6.07) is 0.518. The molecule has 25 heavy (non-hydrogen) atoms. The third-order valence-electron chi connectivity index (χ3n) is 5.13. The number of carbonyl (C=O) groups excluding carboxylic acids is 1. The van der Waals surface area contributed by atoms with Crippen molar-refractivity contribution in [1.29, 1.82) is 0 Å². The highest BCUT2D eigenvalue weighted by Gasteiger charge is 2.35. The quantitative estimate of drug-likeness (QED) is 0.742. The fraction of sp³-hybridized carbons (Fsp3) is 0.471. The Morgan fingerprint density at radius 3 is 2.84 bits per heavy atom. The van der Waals surface area contributed by atoms with Crippen LogP contribution in [0.3, 0.4) is 0 Å². The maximum atomic E-state index is 14.3. The molecule has 0 saturated carbocycles. The van der Waals surface area contributed by atoms with Crippen molar-refractivity contribution < 1.29 is 18.0 Å². The fourth-order valence-corrected chi connectivity index (χ4v) is 3.84. The highest BCUT2D eigenvalue weighted by molar-refractivity contribution is 5.96. The van der Waals surface area contributed by atoms with Gasteiger partial charge in [0.25, 0.3) is 0 Å². The van der Waals surface area contributed by atoms with Gasteiger partial charge >= 0.3 is 0 Å². The maximum Gasteiger partial charge on any atom is 0.230 e. The molecular weight excluding hydrogens is 333 g/mol. The lowest BCUT2D eigenvalue weighted by Crippen LogP contribution is -2.42. The van der Waals surface area contributed by atoms with Gasteiger partial charge in [-0.3, -0.25) is 9.48 Å². The molecule has 0 fully saturated rings. The van der Waals surface area contributed by atoms with Gasteiger partial charge in [0.15, 0.2) is 11.6 Å². The van der Waals surface area contributed by atoms with E-state index in [0.717, 1.165) is 11.4 Å². The van der Waals surface area contributed by atoms with Crippen molar-refractivity contribution in [2.45, 2.75) is 32.1 Å². The minimum Gasteiger partial charge on any atom is -0.309 e. The zero-order chi connectivity index (χ0) is 17.7. The first kappa shape index (κ1) is 16.1. The lowest BCUT2D eigenvalue weighted by atomic mass is 9.87. The first-order valence-corrected chi connectivity index (χ1v) is 8.32. The summed E-state index contributed by atoms with van der Waals surface area (Å²) in [5.74, 6) is -3.76. The first-order valence-electron chi connectivity index (χ1n) is 8.32. The largest absolute Gasteiger partial charge is 0.309 e. The Hall–Kier alpha value is -2.38. The molecule has 0 radical (unpaired) electrons. The SMILES string of the molecule is Cn1nnc2c1C[C@H](C(=O)N1CCCc3c(F)c(F)cc(F)c31)CC2. The molecule has 1 aliphatic heterocycles. The summed E-state index contributed by atoms with van der Waals surface area (Å²) in [5, 5.41) is 8.04. The van der Waals surface area contributed by atoms with E-state index in [-0.39, 0.29) is 29.5 Å². The van der Waals surface area contributed by atoms with Gasteiger partial charge in [-0.15, -0.1) is 5.10 Å². The molecule has 5 nitrogen and oxygen atoms in total. The molecule has 0 bridgehead atoms. The monoisotopic (exact) mass is 350 g/mol. The molecule has 0 N–H and O–H groups in total. The van der Waals surface area contributed by atoms with E-state index >= 15 is 0 Å². The van der Waals surface area contributed by atoms with E-state index in [1.165, 1.54) is 4.90 Å². The van der Waals surface area contributed by atoms with Gasteiger partial charge in [-0.25, -0.2) is 13.2 Å². The molecule has 1 atom stereocenters. The number of nitrogens with zero attached hydrogens (tertiary/aromatic N) is 4. The van der Waals surface area contributed by atoms with Crippen LogP contribution < -0.4 is 4.90 Å². The Morgan fingerprint density at radius 2 is 2.04 bits per heavy atom. The van der Waals surface area contributed by atoms with E-state index < -0.39 is 17.5 Å². The number of aromatic nitrogens is 3. The number of benzene rings is 1. The van der Waals surface area contributed by atoms with Crippen LogP contribution in [0.4, 0.5) is 18.9 Å². The second-order valence-electron chi connectivity index (χ2n) is 6.62. The number of anilines is 1. The highest BCUT2D eigenvalue weighted by Crippen LogP contribution is 2.36. The van der Waals surface area contributed by atoms with Crippen LogP contribution in [-0.2, 0) is 31.1 Å². The molecule has 2 aromatic rings. The second-order valence-corrected chi connectivity index (χ2v) is 6.62. The molecule has 0 saturated heterocycles. The third kappa shape index (κ3) is 2.51. The number of halogens is 3. The lowest BCUT2D eigenvalue weighted by molar-refractivity contribution is -0.122. The van der Waals surface area contributed by atoms with E-state index in [4.69, 9.17) is 0 Å². The standard InChI is InChI=1S/C17H17F3N4O/c1-23-14-7-9(4-5-13(14)21-22-23)17(25)24-6-2-3-10-15(20)11(18)8-12(19)16(10)24/h8-9H,2-7H2,1H3/t9-/m1/s1. The minimum atomic E-state index is -1.21. The van der Waals surface area contributed by atoms with Gasteiger partial charge in [0.05, 0.1) is 17.1 Å². The van der Waals surface area contributed by atoms with Crippen molar-refractivity contribution in [3.8, 4) is 0 Å². The molecule has 2 aliphatic rings. The summed E-state index contributed by atoms with van der Waals surface area (Å²) in [4.78, 5) is 14.3. The van der Waals surface area contributed by atoms with Crippen LogP contribution in [0.5, 0.6) is 0 Å². The van der Waals surface area contributed by atoms with Gasteiger partial charge in [0.1, 0.15) is 5.82 Å². The summed E-state index contributed by atoms with van der Waals surface area (Å²) in [5.41, 5.74) is 1.62. The molecule has 1 aliphatic carbocycles. The highest BCUT2D eigenvalue weighted by atomic mass is 19.2. The molecule has 2 heterocycles. The summed E-state index contributed by atoms with van der Waals surface area (Å²) < 4.78 is 43.5. The van der Waals surface area contributed by atoms with Crippen LogP contribution in [-0.4, -0.2) is 27.4 Å². The molecule has 1 amide bonds. The fourth-order valence-electron chi connectivity index (χ4n) is 3.84. The van der Waals surface area contributed by atoms with Crippen LogP contribution in [0.25, 0.3) is 0 Å². The Kier molecular flexibility index (Phi) is 3.77. The zero-order valence-corrected chi connectivity index (χ0v) is 13.7. The third-order valence-corrected chi connectivity index (χ3v) is 5.13. The summed E-state index contributed by atoms with van der Waals surface area (Å²) in [6.07, 6.45) is 2.38. The van der Waals surface area contributed by atoms with E-state index in [0.29, 0.717) is 38.3 Å². The number of hydrogen-bond donors (Lipinski definition) is 0.